The van der Waals surface area contributed by atoms with Gasteiger partial charge in [-0.3, -0.25) is 21.0 Å². The van der Waals surface area contributed by atoms with Crippen molar-refractivity contribution in [1.29, 1.82) is 0 Å². The van der Waals surface area contributed by atoms with E-state index in [0.29, 0.717) is 17.4 Å². The summed E-state index contributed by atoms with van der Waals surface area (Å²) in [6.07, 6.45) is 4.36. The van der Waals surface area contributed by atoms with Gasteiger partial charge in [-0.15, -0.1) is 0 Å². The molecule has 0 aromatic carbocycles. The van der Waals surface area contributed by atoms with E-state index in [1.165, 1.54) is 6.20 Å². The Balaban J connectivity index is 1.86. The van der Waals surface area contributed by atoms with Crippen LogP contribution in [0.3, 0.4) is 0 Å². The minimum Gasteiger partial charge on any atom is -0.376 e. The number of hydrazine groups is 1. The van der Waals surface area contributed by atoms with Crippen molar-refractivity contribution in [3.63, 3.8) is 0 Å². The Morgan fingerprint density at radius 1 is 1.62 bits per heavy atom. The molecular formula is C12H16ClN5O3. The van der Waals surface area contributed by atoms with Crippen LogP contribution in [0.15, 0.2) is 30.4 Å². The fraction of sp³-hybridized carbons (Fsp3) is 0.417. The minimum absolute atomic E-state index is 0.0793. The highest BCUT2D eigenvalue weighted by Gasteiger charge is 2.16. The van der Waals surface area contributed by atoms with E-state index in [1.807, 2.05) is 0 Å². The summed E-state index contributed by atoms with van der Waals surface area (Å²) in [5.41, 5.74) is 5.46. The van der Waals surface area contributed by atoms with Gasteiger partial charge >= 0.3 is 0 Å². The lowest BCUT2D eigenvalue weighted by Gasteiger charge is -2.15. The first-order chi connectivity index (χ1) is 10.1. The molecule has 2 heterocycles. The third-order valence-electron chi connectivity index (χ3n) is 2.83. The van der Waals surface area contributed by atoms with E-state index in [4.69, 9.17) is 16.3 Å². The number of aromatic nitrogens is 1. The fourth-order valence-electron chi connectivity index (χ4n) is 1.84. The zero-order chi connectivity index (χ0) is 15.1. The molecule has 0 aliphatic carbocycles. The van der Waals surface area contributed by atoms with Crippen LogP contribution >= 0.6 is 11.6 Å². The molecule has 2 rings (SSSR count). The van der Waals surface area contributed by atoms with Crippen LogP contribution in [0.5, 0.6) is 0 Å². The maximum absolute atomic E-state index is 10.6. The van der Waals surface area contributed by atoms with Crippen LogP contribution in [0.4, 0.5) is 5.82 Å². The molecule has 0 radical (unpaired) electrons. The third kappa shape index (κ3) is 5.44. The molecule has 1 atom stereocenters. The van der Waals surface area contributed by atoms with Crippen LogP contribution in [0.1, 0.15) is 12.8 Å². The van der Waals surface area contributed by atoms with Crippen LogP contribution in [-0.4, -0.2) is 29.2 Å². The molecule has 1 saturated heterocycles. The summed E-state index contributed by atoms with van der Waals surface area (Å²) < 4.78 is 5.45. The average molecular weight is 314 g/mol. The van der Waals surface area contributed by atoms with Gasteiger partial charge in [-0.1, -0.05) is 11.6 Å². The number of hydrogen-bond donors (Lipinski definition) is 3. The Bertz CT molecular complexity index is 502. The summed E-state index contributed by atoms with van der Waals surface area (Å²) in [4.78, 5) is 14.1. The van der Waals surface area contributed by atoms with Gasteiger partial charge < -0.3 is 10.1 Å². The highest BCUT2D eigenvalue weighted by atomic mass is 35.5. The molecule has 0 bridgehead atoms. The van der Waals surface area contributed by atoms with Gasteiger partial charge in [-0.05, 0) is 25.0 Å². The number of nitrogens with zero attached hydrogens (tertiary/aromatic N) is 2. The van der Waals surface area contributed by atoms with E-state index in [2.05, 4.69) is 21.2 Å². The van der Waals surface area contributed by atoms with Gasteiger partial charge in [0.15, 0.2) is 5.82 Å². The first kappa shape index (κ1) is 15.3. The monoisotopic (exact) mass is 313 g/mol. The first-order valence-corrected chi connectivity index (χ1v) is 6.85. The first-order valence-electron chi connectivity index (χ1n) is 6.48. The third-order valence-corrected chi connectivity index (χ3v) is 3.05. The van der Waals surface area contributed by atoms with Crippen LogP contribution in [-0.2, 0) is 4.74 Å². The summed E-state index contributed by atoms with van der Waals surface area (Å²) in [7, 11) is 0. The maximum Gasteiger partial charge on any atom is 0.275 e. The van der Waals surface area contributed by atoms with Crippen LogP contribution in [0.25, 0.3) is 0 Å². The Morgan fingerprint density at radius 3 is 3.10 bits per heavy atom. The Kier molecular flexibility index (Phi) is 5.59. The summed E-state index contributed by atoms with van der Waals surface area (Å²) in [6.45, 7) is 1.24. The summed E-state index contributed by atoms with van der Waals surface area (Å²) in [5, 5.41) is 14.1. The van der Waals surface area contributed by atoms with Crippen molar-refractivity contribution in [2.75, 3.05) is 18.6 Å². The Hall–Kier alpha value is -2.06. The van der Waals surface area contributed by atoms with E-state index in [0.717, 1.165) is 25.6 Å². The molecule has 0 saturated carbocycles. The van der Waals surface area contributed by atoms with E-state index in [9.17, 15) is 10.1 Å². The molecule has 1 unspecified atom stereocenters. The minimum atomic E-state index is -0.540. The van der Waals surface area contributed by atoms with E-state index >= 15 is 0 Å². The predicted molar refractivity (Wildman–Crippen MR) is 78.1 cm³/mol. The van der Waals surface area contributed by atoms with Gasteiger partial charge in [0.2, 0.25) is 0 Å². The molecule has 1 aliphatic heterocycles. The molecule has 0 spiro atoms. The zero-order valence-electron chi connectivity index (χ0n) is 11.2. The number of pyridine rings is 1. The SMILES string of the molecule is O=[N+]([O-])/C=C(/NCC1CCCO1)NNc1ccc(Cl)cn1. The molecule has 0 amide bonds. The van der Waals surface area contributed by atoms with E-state index in [-0.39, 0.29) is 11.9 Å². The lowest BCUT2D eigenvalue weighted by atomic mass is 10.2. The van der Waals surface area contributed by atoms with Crippen molar-refractivity contribution in [2.24, 2.45) is 0 Å². The molecule has 21 heavy (non-hydrogen) atoms. The molecule has 1 aromatic rings. The second-order valence-corrected chi connectivity index (χ2v) is 4.89. The van der Waals surface area contributed by atoms with Gasteiger partial charge in [-0.25, -0.2) is 4.98 Å². The van der Waals surface area contributed by atoms with Gasteiger partial charge in [0.05, 0.1) is 16.0 Å². The molecule has 1 fully saturated rings. The summed E-state index contributed by atoms with van der Waals surface area (Å²) >= 11 is 5.73. The smallest absolute Gasteiger partial charge is 0.275 e. The Labute approximate surface area is 126 Å². The van der Waals surface area contributed by atoms with Crippen molar-refractivity contribution >= 4 is 17.4 Å². The number of hydrogen-bond acceptors (Lipinski definition) is 7. The van der Waals surface area contributed by atoms with Gasteiger partial charge in [0.25, 0.3) is 6.20 Å². The van der Waals surface area contributed by atoms with E-state index < -0.39 is 4.92 Å². The largest absolute Gasteiger partial charge is 0.376 e. The average Bonchev–Trinajstić information content (AvgIpc) is 2.96. The lowest BCUT2D eigenvalue weighted by molar-refractivity contribution is -0.404. The second kappa shape index (κ2) is 7.65. The summed E-state index contributed by atoms with van der Waals surface area (Å²) in [5.74, 6) is 0.722. The standard InChI is InChI=1S/C12H16ClN5O3/c13-9-3-4-11(14-6-9)16-17-12(8-18(19)20)15-7-10-2-1-5-21-10/h3-4,6,8,10,15,17H,1-2,5,7H2,(H,14,16)/b12-8-. The van der Waals surface area contributed by atoms with Gasteiger partial charge in [0, 0.05) is 19.3 Å². The molecular weight excluding hydrogens is 298 g/mol. The lowest BCUT2D eigenvalue weighted by Crippen LogP contribution is -2.35. The quantitative estimate of drug-likeness (QED) is 0.518. The molecule has 3 N–H and O–H groups in total. The predicted octanol–water partition coefficient (Wildman–Crippen LogP) is 1.50. The number of nitrogens with one attached hydrogen (secondary N) is 3. The normalized spacial score (nSPS) is 18.3. The van der Waals surface area contributed by atoms with Gasteiger partial charge in [0.1, 0.15) is 5.82 Å². The van der Waals surface area contributed by atoms with E-state index in [1.54, 1.807) is 12.1 Å². The molecule has 114 valence electrons. The second-order valence-electron chi connectivity index (χ2n) is 4.46. The number of halogens is 1. The highest BCUT2D eigenvalue weighted by molar-refractivity contribution is 6.30. The fourth-order valence-corrected chi connectivity index (χ4v) is 1.95. The van der Waals surface area contributed by atoms with Crippen LogP contribution in [0, 0.1) is 10.1 Å². The molecule has 9 heteroatoms. The summed E-state index contributed by atoms with van der Waals surface area (Å²) in [6, 6.07) is 3.31. The zero-order valence-corrected chi connectivity index (χ0v) is 12.0. The van der Waals surface area contributed by atoms with Crippen molar-refractivity contribution in [1.82, 2.24) is 15.7 Å². The number of ether oxygens (including phenoxy) is 1. The Morgan fingerprint density at radius 2 is 2.48 bits per heavy atom. The highest BCUT2D eigenvalue weighted by Crippen LogP contribution is 2.11. The topological polar surface area (TPSA) is 101 Å². The molecule has 8 nitrogen and oxygen atoms in total. The van der Waals surface area contributed by atoms with Crippen molar-refractivity contribution < 1.29 is 9.66 Å². The van der Waals surface area contributed by atoms with Crippen LogP contribution < -0.4 is 16.2 Å². The molecule has 1 aliphatic rings. The number of anilines is 1. The molecule has 1 aromatic heterocycles. The van der Waals surface area contributed by atoms with Crippen molar-refractivity contribution in [2.45, 2.75) is 18.9 Å². The van der Waals surface area contributed by atoms with Gasteiger partial charge in [-0.2, -0.15) is 0 Å². The maximum atomic E-state index is 10.6. The number of nitro groups is 1. The number of rotatable bonds is 7. The van der Waals surface area contributed by atoms with Crippen molar-refractivity contribution in [3.8, 4) is 0 Å². The van der Waals surface area contributed by atoms with Crippen LogP contribution in [0.2, 0.25) is 5.02 Å². The van der Waals surface area contributed by atoms with Crippen molar-refractivity contribution in [3.05, 3.63) is 45.5 Å².